The van der Waals surface area contributed by atoms with Crippen LogP contribution in [0, 0.1) is 0 Å². The Kier molecular flexibility index (Phi) is 12.9. The van der Waals surface area contributed by atoms with Gasteiger partial charge in [0.15, 0.2) is 5.96 Å². The summed E-state index contributed by atoms with van der Waals surface area (Å²) in [7, 11) is 5.14. The van der Waals surface area contributed by atoms with Gasteiger partial charge in [0.25, 0.3) is 0 Å². The summed E-state index contributed by atoms with van der Waals surface area (Å²) < 4.78 is 5.07. The molecule has 1 aromatic rings. The lowest BCUT2D eigenvalue weighted by molar-refractivity contribution is -0.127. The van der Waals surface area contributed by atoms with Gasteiger partial charge in [-0.15, -0.1) is 24.0 Å². The van der Waals surface area contributed by atoms with E-state index in [4.69, 9.17) is 4.74 Å². The van der Waals surface area contributed by atoms with Crippen molar-refractivity contribution >= 4 is 35.8 Å². The maximum atomic E-state index is 11.8. The summed E-state index contributed by atoms with van der Waals surface area (Å²) in [5, 5.41) is 6.27. The SMILES string of the molecule is COCCNC(=NCc1ccc(CN2CCCCC2)cc1)NCC(=O)N(C)C.I. The standard InChI is InChI=1S/C21H35N5O2.HI/c1-25(2)20(27)16-24-21(22-11-14-28-3)23-15-18-7-9-19(10-8-18)17-26-12-5-4-6-13-26;/h7-10H,4-6,11-17H2,1-3H3,(H2,22,23,24);1H. The summed E-state index contributed by atoms with van der Waals surface area (Å²) in [5.74, 6) is 0.618. The molecule has 1 aliphatic heterocycles. The molecule has 0 spiro atoms. The fraction of sp³-hybridized carbons (Fsp3) is 0.619. The van der Waals surface area contributed by atoms with Crippen LogP contribution in [0.2, 0.25) is 0 Å². The highest BCUT2D eigenvalue weighted by Crippen LogP contribution is 2.14. The maximum Gasteiger partial charge on any atom is 0.241 e. The van der Waals surface area contributed by atoms with Gasteiger partial charge in [-0.1, -0.05) is 30.7 Å². The van der Waals surface area contributed by atoms with E-state index in [0.29, 0.717) is 25.7 Å². The van der Waals surface area contributed by atoms with Crippen molar-refractivity contribution < 1.29 is 9.53 Å². The van der Waals surface area contributed by atoms with Gasteiger partial charge in [0.1, 0.15) is 0 Å². The molecule has 1 aromatic carbocycles. The Morgan fingerprint density at radius 2 is 1.76 bits per heavy atom. The smallest absolute Gasteiger partial charge is 0.241 e. The topological polar surface area (TPSA) is 69.2 Å². The van der Waals surface area contributed by atoms with Gasteiger partial charge >= 0.3 is 0 Å². The number of guanidine groups is 1. The van der Waals surface area contributed by atoms with Crippen molar-refractivity contribution in [3.8, 4) is 0 Å². The van der Waals surface area contributed by atoms with E-state index in [9.17, 15) is 4.79 Å². The zero-order valence-corrected chi connectivity index (χ0v) is 20.3. The van der Waals surface area contributed by atoms with Gasteiger partial charge in [-0.25, -0.2) is 4.99 Å². The van der Waals surface area contributed by atoms with Crippen molar-refractivity contribution in [1.82, 2.24) is 20.4 Å². The van der Waals surface area contributed by atoms with E-state index in [2.05, 4.69) is 44.8 Å². The first-order valence-corrected chi connectivity index (χ1v) is 10.1. The first-order chi connectivity index (χ1) is 13.6. The summed E-state index contributed by atoms with van der Waals surface area (Å²) >= 11 is 0. The number of piperidine rings is 1. The third-order valence-corrected chi connectivity index (χ3v) is 4.80. The minimum absolute atomic E-state index is 0. The summed E-state index contributed by atoms with van der Waals surface area (Å²) in [4.78, 5) is 20.5. The lowest BCUT2D eigenvalue weighted by atomic mass is 10.1. The third kappa shape index (κ3) is 10.3. The van der Waals surface area contributed by atoms with E-state index < -0.39 is 0 Å². The number of nitrogens with one attached hydrogen (secondary N) is 2. The van der Waals surface area contributed by atoms with Crippen LogP contribution in [0.1, 0.15) is 30.4 Å². The van der Waals surface area contributed by atoms with Crippen molar-refractivity contribution in [2.24, 2.45) is 4.99 Å². The first kappa shape index (κ1) is 25.6. The maximum absolute atomic E-state index is 11.8. The largest absolute Gasteiger partial charge is 0.383 e. The molecule has 1 heterocycles. The molecule has 0 radical (unpaired) electrons. The third-order valence-electron chi connectivity index (χ3n) is 4.80. The minimum Gasteiger partial charge on any atom is -0.383 e. The van der Waals surface area contributed by atoms with Crippen molar-refractivity contribution in [3.05, 3.63) is 35.4 Å². The zero-order valence-electron chi connectivity index (χ0n) is 17.9. The second kappa shape index (κ2) is 14.6. The number of hydrogen-bond acceptors (Lipinski definition) is 4. The fourth-order valence-electron chi connectivity index (χ4n) is 3.06. The predicted octanol–water partition coefficient (Wildman–Crippen LogP) is 2.06. The Labute approximate surface area is 192 Å². The molecule has 0 bridgehead atoms. The first-order valence-electron chi connectivity index (χ1n) is 10.1. The number of nitrogens with zero attached hydrogens (tertiary/aromatic N) is 3. The number of rotatable bonds is 9. The number of carbonyl (C=O) groups excluding carboxylic acids is 1. The molecule has 1 saturated heterocycles. The average molecular weight is 517 g/mol. The number of likely N-dealkylation sites (N-methyl/N-ethyl adjacent to an activating group) is 1. The number of likely N-dealkylation sites (tertiary alicyclic amines) is 1. The van der Waals surface area contributed by atoms with Crippen LogP contribution in [0.15, 0.2) is 29.3 Å². The molecule has 8 heteroatoms. The highest BCUT2D eigenvalue weighted by Gasteiger charge is 2.10. The second-order valence-corrected chi connectivity index (χ2v) is 7.38. The molecule has 0 aromatic heterocycles. The van der Waals surface area contributed by atoms with Crippen LogP contribution in [0.25, 0.3) is 0 Å². The van der Waals surface area contributed by atoms with Gasteiger partial charge in [0, 0.05) is 34.3 Å². The molecule has 2 N–H and O–H groups in total. The lowest BCUT2D eigenvalue weighted by Gasteiger charge is -2.26. The quantitative estimate of drug-likeness (QED) is 0.227. The van der Waals surface area contributed by atoms with Gasteiger partial charge in [0.05, 0.1) is 19.7 Å². The Hall–Kier alpha value is -1.39. The Morgan fingerprint density at radius 1 is 1.10 bits per heavy atom. The van der Waals surface area contributed by atoms with E-state index in [1.807, 2.05) is 0 Å². The monoisotopic (exact) mass is 517 g/mol. The number of halogens is 1. The summed E-state index contributed by atoms with van der Waals surface area (Å²) in [5.41, 5.74) is 2.50. The normalized spacial score (nSPS) is 14.8. The van der Waals surface area contributed by atoms with Crippen molar-refractivity contribution in [2.45, 2.75) is 32.4 Å². The van der Waals surface area contributed by atoms with Gasteiger partial charge in [0.2, 0.25) is 5.91 Å². The van der Waals surface area contributed by atoms with Gasteiger partial charge < -0.3 is 20.3 Å². The Balaban J connectivity index is 0.00000420. The average Bonchev–Trinajstić information content (AvgIpc) is 2.71. The molecule has 1 fully saturated rings. The molecule has 0 unspecified atom stereocenters. The van der Waals surface area contributed by atoms with E-state index in [-0.39, 0.29) is 36.4 Å². The van der Waals surface area contributed by atoms with E-state index in [0.717, 1.165) is 12.1 Å². The van der Waals surface area contributed by atoms with Crippen LogP contribution in [-0.4, -0.2) is 75.7 Å². The summed E-state index contributed by atoms with van der Waals surface area (Å²) in [6.07, 6.45) is 3.99. The van der Waals surface area contributed by atoms with E-state index in [1.165, 1.54) is 37.9 Å². The van der Waals surface area contributed by atoms with Gasteiger partial charge in [-0.3, -0.25) is 9.69 Å². The second-order valence-electron chi connectivity index (χ2n) is 7.38. The van der Waals surface area contributed by atoms with Crippen LogP contribution < -0.4 is 10.6 Å². The molecule has 1 aliphatic rings. The molecule has 0 aliphatic carbocycles. The number of ether oxygens (including phenoxy) is 1. The fourth-order valence-corrected chi connectivity index (χ4v) is 3.06. The highest BCUT2D eigenvalue weighted by molar-refractivity contribution is 14.0. The number of amides is 1. The number of aliphatic imine (C=N–C) groups is 1. The minimum atomic E-state index is 0. The molecule has 0 saturated carbocycles. The van der Waals surface area contributed by atoms with E-state index in [1.54, 1.807) is 26.1 Å². The van der Waals surface area contributed by atoms with Gasteiger partial charge in [-0.2, -0.15) is 0 Å². The van der Waals surface area contributed by atoms with E-state index >= 15 is 0 Å². The molecular formula is C21H36IN5O2. The van der Waals surface area contributed by atoms with Crippen LogP contribution in [0.5, 0.6) is 0 Å². The molecule has 29 heavy (non-hydrogen) atoms. The summed E-state index contributed by atoms with van der Waals surface area (Å²) in [6, 6.07) is 8.67. The van der Waals surface area contributed by atoms with Crippen LogP contribution >= 0.6 is 24.0 Å². The Bertz CT molecular complexity index is 616. The van der Waals surface area contributed by atoms with Crippen molar-refractivity contribution in [1.29, 1.82) is 0 Å². The van der Waals surface area contributed by atoms with Gasteiger partial charge in [-0.05, 0) is 37.1 Å². The molecule has 0 atom stereocenters. The molecule has 7 nitrogen and oxygen atoms in total. The van der Waals surface area contributed by atoms with Crippen LogP contribution in [0.3, 0.4) is 0 Å². The highest BCUT2D eigenvalue weighted by atomic mass is 127. The molecule has 164 valence electrons. The predicted molar refractivity (Wildman–Crippen MR) is 129 cm³/mol. The Morgan fingerprint density at radius 3 is 2.38 bits per heavy atom. The van der Waals surface area contributed by atoms with Crippen molar-refractivity contribution in [2.75, 3.05) is 54.0 Å². The lowest BCUT2D eigenvalue weighted by Crippen LogP contribution is -2.43. The zero-order chi connectivity index (χ0) is 20.2. The number of methoxy groups -OCH3 is 1. The molecular weight excluding hydrogens is 481 g/mol. The number of hydrogen-bond donors (Lipinski definition) is 2. The molecule has 1 amide bonds. The summed E-state index contributed by atoms with van der Waals surface area (Å²) in [6.45, 7) is 5.42. The van der Waals surface area contributed by atoms with Crippen molar-refractivity contribution in [3.63, 3.8) is 0 Å². The van der Waals surface area contributed by atoms with Crippen LogP contribution in [-0.2, 0) is 22.6 Å². The molecule has 2 rings (SSSR count). The van der Waals surface area contributed by atoms with Crippen LogP contribution in [0.4, 0.5) is 0 Å². The number of carbonyl (C=O) groups is 1. The number of benzene rings is 1.